The Morgan fingerprint density at radius 1 is 1.23 bits per heavy atom. The molecule has 1 fully saturated rings. The zero-order valence-electron chi connectivity index (χ0n) is 15.5. The van der Waals surface area contributed by atoms with E-state index in [4.69, 9.17) is 4.74 Å². The van der Waals surface area contributed by atoms with Crippen LogP contribution in [0.25, 0.3) is 0 Å². The van der Waals surface area contributed by atoms with E-state index in [1.54, 1.807) is 20.2 Å². The third-order valence-electron chi connectivity index (χ3n) is 5.03. The van der Waals surface area contributed by atoms with Crippen LogP contribution < -0.4 is 10.1 Å². The lowest BCUT2D eigenvalue weighted by molar-refractivity contribution is -0.120. The zero-order valence-corrected chi connectivity index (χ0v) is 15.5. The van der Waals surface area contributed by atoms with Gasteiger partial charge < -0.3 is 10.1 Å². The largest absolute Gasteiger partial charge is 0.497 e. The summed E-state index contributed by atoms with van der Waals surface area (Å²) in [5, 5.41) is 3.11. The Kier molecular flexibility index (Phi) is 6.23. The van der Waals surface area contributed by atoms with Gasteiger partial charge in [0.2, 0.25) is 5.91 Å². The highest BCUT2D eigenvalue weighted by atomic mass is 16.5. The molecule has 1 aromatic carbocycles. The summed E-state index contributed by atoms with van der Waals surface area (Å²) in [5.41, 5.74) is 2.25. The minimum Gasteiger partial charge on any atom is -0.497 e. The first-order valence-electron chi connectivity index (χ1n) is 9.19. The number of hydrogen-bond donors (Lipinski definition) is 1. The summed E-state index contributed by atoms with van der Waals surface area (Å²) in [7, 11) is 1.69. The van der Waals surface area contributed by atoms with Gasteiger partial charge in [0.1, 0.15) is 5.75 Å². The van der Waals surface area contributed by atoms with E-state index in [2.05, 4.69) is 27.3 Å². The molecule has 26 heavy (non-hydrogen) atoms. The Labute approximate surface area is 155 Å². The van der Waals surface area contributed by atoms with Gasteiger partial charge in [-0.2, -0.15) is 0 Å². The van der Waals surface area contributed by atoms with E-state index in [1.165, 1.54) is 5.56 Å². The molecule has 0 radical (unpaired) electrons. The molecule has 0 aliphatic carbocycles. The van der Waals surface area contributed by atoms with Crippen LogP contribution in [-0.2, 0) is 11.3 Å². The van der Waals surface area contributed by atoms with Crippen molar-refractivity contribution in [3.8, 4) is 5.75 Å². The number of ether oxygens (including phenoxy) is 1. The highest BCUT2D eigenvalue weighted by Crippen LogP contribution is 2.30. The molecule has 138 valence electrons. The third kappa shape index (κ3) is 4.82. The number of piperidine rings is 1. The van der Waals surface area contributed by atoms with Crippen LogP contribution in [0.4, 0.5) is 0 Å². The molecule has 2 heterocycles. The first-order chi connectivity index (χ1) is 12.7. The van der Waals surface area contributed by atoms with Crippen molar-refractivity contribution >= 4 is 5.91 Å². The predicted octanol–water partition coefficient (Wildman–Crippen LogP) is 3.18. The first kappa shape index (κ1) is 18.4. The number of amides is 1. The lowest BCUT2D eigenvalue weighted by atomic mass is 9.87. The standard InChI is InChI=1S/C21H27N3O2/c1-16(25)23-21(20-5-3-4-12-22-20)18-10-13-24(14-11-18)15-17-6-8-19(26-2)9-7-17/h3-9,12,18,21H,10-11,13-15H2,1-2H3,(H,23,25). The number of methoxy groups -OCH3 is 1. The quantitative estimate of drug-likeness (QED) is 0.867. The molecule has 0 bridgehead atoms. The maximum Gasteiger partial charge on any atom is 0.217 e. The fraction of sp³-hybridized carbons (Fsp3) is 0.429. The number of carbonyl (C=O) groups is 1. The minimum atomic E-state index is -0.00293. The van der Waals surface area contributed by atoms with Crippen molar-refractivity contribution in [3.05, 3.63) is 59.9 Å². The van der Waals surface area contributed by atoms with Gasteiger partial charge in [0, 0.05) is 19.7 Å². The number of pyridine rings is 1. The molecule has 2 aromatic rings. The average molecular weight is 353 g/mol. The molecule has 1 aliphatic heterocycles. The second-order valence-corrected chi connectivity index (χ2v) is 6.89. The molecule has 3 rings (SSSR count). The lowest BCUT2D eigenvalue weighted by Gasteiger charge is -2.36. The minimum absolute atomic E-state index is 0.00122. The van der Waals surface area contributed by atoms with Gasteiger partial charge in [-0.15, -0.1) is 0 Å². The first-order valence-corrected chi connectivity index (χ1v) is 9.19. The number of aromatic nitrogens is 1. The van der Waals surface area contributed by atoms with Gasteiger partial charge >= 0.3 is 0 Å². The van der Waals surface area contributed by atoms with Crippen LogP contribution in [0, 0.1) is 5.92 Å². The maximum atomic E-state index is 11.7. The topological polar surface area (TPSA) is 54.5 Å². The number of benzene rings is 1. The highest BCUT2D eigenvalue weighted by Gasteiger charge is 2.29. The molecule has 1 unspecified atom stereocenters. The third-order valence-corrected chi connectivity index (χ3v) is 5.03. The zero-order chi connectivity index (χ0) is 18.4. The Morgan fingerprint density at radius 2 is 1.96 bits per heavy atom. The lowest BCUT2D eigenvalue weighted by Crippen LogP contribution is -2.40. The fourth-order valence-corrected chi connectivity index (χ4v) is 3.65. The normalized spacial score (nSPS) is 16.8. The van der Waals surface area contributed by atoms with Crippen molar-refractivity contribution in [2.75, 3.05) is 20.2 Å². The smallest absolute Gasteiger partial charge is 0.217 e. The number of likely N-dealkylation sites (tertiary alicyclic amines) is 1. The fourth-order valence-electron chi connectivity index (χ4n) is 3.65. The van der Waals surface area contributed by atoms with Crippen molar-refractivity contribution in [1.82, 2.24) is 15.2 Å². The molecular weight excluding hydrogens is 326 g/mol. The second kappa shape index (κ2) is 8.81. The number of rotatable bonds is 6. The van der Waals surface area contributed by atoms with Gasteiger partial charge in [-0.25, -0.2) is 0 Å². The number of carbonyl (C=O) groups excluding carboxylic acids is 1. The molecule has 1 saturated heterocycles. The molecule has 0 saturated carbocycles. The number of nitrogens with zero attached hydrogens (tertiary/aromatic N) is 2. The summed E-state index contributed by atoms with van der Waals surface area (Å²) >= 11 is 0. The van der Waals surface area contributed by atoms with Crippen LogP contribution >= 0.6 is 0 Å². The van der Waals surface area contributed by atoms with Crippen molar-refractivity contribution in [3.63, 3.8) is 0 Å². The number of nitrogens with one attached hydrogen (secondary N) is 1. The average Bonchev–Trinajstić information content (AvgIpc) is 2.68. The van der Waals surface area contributed by atoms with E-state index in [9.17, 15) is 4.79 Å². The van der Waals surface area contributed by atoms with E-state index >= 15 is 0 Å². The SMILES string of the molecule is COc1ccc(CN2CCC(C(NC(C)=O)c3ccccn3)CC2)cc1. The van der Waals surface area contributed by atoms with Crippen molar-refractivity contribution in [2.45, 2.75) is 32.4 Å². The van der Waals surface area contributed by atoms with Crippen molar-refractivity contribution in [1.29, 1.82) is 0 Å². The second-order valence-electron chi connectivity index (χ2n) is 6.89. The van der Waals surface area contributed by atoms with E-state index in [-0.39, 0.29) is 11.9 Å². The molecule has 1 N–H and O–H groups in total. The van der Waals surface area contributed by atoms with Crippen molar-refractivity contribution < 1.29 is 9.53 Å². The predicted molar refractivity (Wildman–Crippen MR) is 102 cm³/mol. The summed E-state index contributed by atoms with van der Waals surface area (Å²) < 4.78 is 5.22. The molecule has 1 aromatic heterocycles. The maximum absolute atomic E-state index is 11.7. The van der Waals surface area contributed by atoms with Crippen LogP contribution in [0.15, 0.2) is 48.7 Å². The van der Waals surface area contributed by atoms with Crippen LogP contribution in [-0.4, -0.2) is 36.0 Å². The van der Waals surface area contributed by atoms with Crippen molar-refractivity contribution in [2.24, 2.45) is 5.92 Å². The molecule has 0 spiro atoms. The Morgan fingerprint density at radius 3 is 2.54 bits per heavy atom. The van der Waals surface area contributed by atoms with Gasteiger partial charge in [-0.05, 0) is 61.7 Å². The van der Waals surface area contributed by atoms with E-state index in [0.29, 0.717) is 5.92 Å². The molecule has 1 aliphatic rings. The van der Waals surface area contributed by atoms with Crippen LogP contribution in [0.3, 0.4) is 0 Å². The van der Waals surface area contributed by atoms with Crippen LogP contribution in [0.1, 0.15) is 37.1 Å². The van der Waals surface area contributed by atoms with Gasteiger partial charge in [-0.3, -0.25) is 14.7 Å². The molecule has 5 nitrogen and oxygen atoms in total. The van der Waals surface area contributed by atoms with Gasteiger partial charge in [0.25, 0.3) is 0 Å². The summed E-state index contributed by atoms with van der Waals surface area (Å²) in [6.45, 7) is 4.58. The monoisotopic (exact) mass is 353 g/mol. The van der Waals surface area contributed by atoms with Gasteiger partial charge in [0.05, 0.1) is 18.8 Å². The summed E-state index contributed by atoms with van der Waals surface area (Å²) in [4.78, 5) is 18.6. The molecule has 5 heteroatoms. The van der Waals surface area contributed by atoms with Crippen LogP contribution in [0.5, 0.6) is 5.75 Å². The Balaban J connectivity index is 1.59. The van der Waals surface area contributed by atoms with E-state index in [1.807, 2.05) is 30.3 Å². The molecule has 1 atom stereocenters. The summed E-state index contributed by atoms with van der Waals surface area (Å²) in [5.74, 6) is 1.31. The van der Waals surface area contributed by atoms with E-state index < -0.39 is 0 Å². The van der Waals surface area contributed by atoms with Gasteiger partial charge in [0.15, 0.2) is 0 Å². The van der Waals surface area contributed by atoms with E-state index in [0.717, 1.165) is 43.9 Å². The molecular formula is C21H27N3O2. The summed E-state index contributed by atoms with van der Waals surface area (Å²) in [6.07, 6.45) is 3.90. The number of hydrogen-bond acceptors (Lipinski definition) is 4. The van der Waals surface area contributed by atoms with Crippen LogP contribution in [0.2, 0.25) is 0 Å². The molecule has 1 amide bonds. The highest BCUT2D eigenvalue weighted by molar-refractivity contribution is 5.73. The van der Waals surface area contributed by atoms with Gasteiger partial charge in [-0.1, -0.05) is 18.2 Å². The summed E-state index contributed by atoms with van der Waals surface area (Å²) in [6, 6.07) is 14.2. The Bertz CT molecular complexity index is 695. The Hall–Kier alpha value is -2.40.